The lowest BCUT2D eigenvalue weighted by Crippen LogP contribution is -2.42. The zero-order chi connectivity index (χ0) is 14.0. The Labute approximate surface area is 136 Å². The van der Waals surface area contributed by atoms with E-state index in [0.29, 0.717) is 21.5 Å². The van der Waals surface area contributed by atoms with Gasteiger partial charge in [0.15, 0.2) is 0 Å². The van der Waals surface area contributed by atoms with Crippen molar-refractivity contribution in [2.24, 2.45) is 23.7 Å². The van der Waals surface area contributed by atoms with Gasteiger partial charge in [0.25, 0.3) is 0 Å². The number of rotatable bonds is 1. The van der Waals surface area contributed by atoms with Crippen LogP contribution in [0.3, 0.4) is 0 Å². The number of likely N-dealkylation sites (tertiary alicyclic amines) is 1. The van der Waals surface area contributed by atoms with E-state index in [1.165, 1.54) is 6.42 Å². The van der Waals surface area contributed by atoms with E-state index in [-0.39, 0.29) is 29.7 Å². The van der Waals surface area contributed by atoms with Crippen molar-refractivity contribution in [2.75, 3.05) is 0 Å². The molecule has 0 unspecified atom stereocenters. The van der Waals surface area contributed by atoms with Gasteiger partial charge in [0.05, 0.1) is 11.8 Å². The zero-order valence-electron chi connectivity index (χ0n) is 11.3. The van der Waals surface area contributed by atoms with Crippen LogP contribution in [0.4, 0.5) is 0 Å². The minimum atomic E-state index is -0.0346. The summed E-state index contributed by atoms with van der Waals surface area (Å²) in [5.74, 6) is 0.908. The Morgan fingerprint density at radius 3 is 1.85 bits per heavy atom. The normalized spacial score (nSPS) is 48.2. The van der Waals surface area contributed by atoms with Crippen LogP contribution in [-0.4, -0.2) is 32.4 Å². The Kier molecular flexibility index (Phi) is 3.30. The van der Waals surface area contributed by atoms with E-state index in [1.54, 1.807) is 4.90 Å². The maximum atomic E-state index is 12.8. The molecule has 0 spiro atoms. The molecule has 0 aromatic rings. The number of carbonyl (C=O) groups excluding carboxylic acids is 2. The van der Waals surface area contributed by atoms with Crippen LogP contribution >= 0.6 is 31.9 Å². The molecule has 0 radical (unpaired) electrons. The Morgan fingerprint density at radius 2 is 1.35 bits per heavy atom. The molecule has 3 nitrogen and oxygen atoms in total. The van der Waals surface area contributed by atoms with E-state index < -0.39 is 0 Å². The minimum absolute atomic E-state index is 0.0346. The molecule has 2 bridgehead atoms. The molecule has 0 aromatic heterocycles. The second kappa shape index (κ2) is 4.80. The molecule has 110 valence electrons. The predicted octanol–water partition coefficient (Wildman–Crippen LogP) is 3.10. The lowest BCUT2D eigenvalue weighted by atomic mass is 9.81. The summed E-state index contributed by atoms with van der Waals surface area (Å²) in [5.41, 5.74) is 0. The van der Waals surface area contributed by atoms with Crippen LogP contribution in [0.2, 0.25) is 0 Å². The minimum Gasteiger partial charge on any atom is -0.279 e. The first-order chi connectivity index (χ1) is 9.61. The highest BCUT2D eigenvalue weighted by Crippen LogP contribution is 2.60. The summed E-state index contributed by atoms with van der Waals surface area (Å²) in [5, 5.41) is 0. The first-order valence-electron chi connectivity index (χ1n) is 7.76. The molecular weight excluding hydrogens is 386 g/mol. The summed E-state index contributed by atoms with van der Waals surface area (Å²) in [6, 6.07) is 0.191. The van der Waals surface area contributed by atoms with E-state index in [0.717, 1.165) is 32.1 Å². The van der Waals surface area contributed by atoms with Crippen LogP contribution in [0, 0.1) is 23.7 Å². The van der Waals surface area contributed by atoms with Gasteiger partial charge in [-0.3, -0.25) is 14.5 Å². The molecule has 2 amide bonds. The maximum absolute atomic E-state index is 12.8. The molecule has 4 aliphatic rings. The molecule has 4 fully saturated rings. The van der Waals surface area contributed by atoms with Gasteiger partial charge in [-0.15, -0.1) is 0 Å². The van der Waals surface area contributed by atoms with Crippen LogP contribution in [0.5, 0.6) is 0 Å². The smallest absolute Gasteiger partial charge is 0.233 e. The highest BCUT2D eigenvalue weighted by atomic mass is 79.9. The van der Waals surface area contributed by atoms with Crippen LogP contribution in [-0.2, 0) is 9.59 Å². The molecule has 3 saturated carbocycles. The number of halogens is 2. The van der Waals surface area contributed by atoms with Gasteiger partial charge in [0, 0.05) is 15.7 Å². The largest absolute Gasteiger partial charge is 0.279 e. The van der Waals surface area contributed by atoms with Gasteiger partial charge in [-0.1, -0.05) is 51.1 Å². The Bertz CT molecular complexity index is 431. The van der Waals surface area contributed by atoms with Crippen molar-refractivity contribution >= 4 is 43.7 Å². The summed E-state index contributed by atoms with van der Waals surface area (Å²) in [6.07, 6.45) is 6.62. The molecule has 1 aliphatic heterocycles. The van der Waals surface area contributed by atoms with E-state index in [9.17, 15) is 9.59 Å². The molecule has 3 aliphatic carbocycles. The van der Waals surface area contributed by atoms with Crippen molar-refractivity contribution < 1.29 is 9.59 Å². The van der Waals surface area contributed by atoms with Gasteiger partial charge in [0.2, 0.25) is 11.8 Å². The Balaban J connectivity index is 1.63. The lowest BCUT2D eigenvalue weighted by molar-refractivity contribution is -0.144. The van der Waals surface area contributed by atoms with Gasteiger partial charge in [0.1, 0.15) is 0 Å². The van der Waals surface area contributed by atoms with Gasteiger partial charge < -0.3 is 0 Å². The third-order valence-corrected chi connectivity index (χ3v) is 9.17. The van der Waals surface area contributed by atoms with Crippen LogP contribution in [0.1, 0.15) is 38.5 Å². The number of fused-ring (bicyclic) bond motifs is 5. The number of amides is 2. The van der Waals surface area contributed by atoms with Crippen molar-refractivity contribution in [2.45, 2.75) is 54.2 Å². The first-order valence-corrected chi connectivity index (χ1v) is 9.59. The number of imide groups is 1. The van der Waals surface area contributed by atoms with Crippen LogP contribution < -0.4 is 0 Å². The first kappa shape index (κ1) is 13.7. The number of carbonyl (C=O) groups is 2. The fourth-order valence-electron chi connectivity index (χ4n) is 5.07. The molecule has 5 heteroatoms. The summed E-state index contributed by atoms with van der Waals surface area (Å²) >= 11 is 7.46. The molecule has 6 atom stereocenters. The molecular formula is C15H19Br2NO2. The lowest BCUT2D eigenvalue weighted by Gasteiger charge is -2.30. The van der Waals surface area contributed by atoms with Crippen molar-refractivity contribution in [1.82, 2.24) is 4.90 Å². The number of hydrogen-bond acceptors (Lipinski definition) is 2. The highest BCUT2D eigenvalue weighted by Gasteiger charge is 2.66. The van der Waals surface area contributed by atoms with Crippen LogP contribution in [0.15, 0.2) is 0 Å². The average Bonchev–Trinajstić information content (AvgIpc) is 3.05. The topological polar surface area (TPSA) is 37.4 Å². The quantitative estimate of drug-likeness (QED) is 0.497. The van der Waals surface area contributed by atoms with Gasteiger partial charge in [-0.05, 0) is 31.1 Å². The molecule has 4 rings (SSSR count). The number of hydrogen-bond donors (Lipinski definition) is 0. The maximum Gasteiger partial charge on any atom is 0.233 e. The molecule has 1 saturated heterocycles. The van der Waals surface area contributed by atoms with Crippen LogP contribution in [0.25, 0.3) is 0 Å². The van der Waals surface area contributed by atoms with E-state index >= 15 is 0 Å². The molecule has 20 heavy (non-hydrogen) atoms. The third-order valence-electron chi connectivity index (χ3n) is 5.96. The summed E-state index contributed by atoms with van der Waals surface area (Å²) in [4.78, 5) is 28.0. The second-order valence-electron chi connectivity index (χ2n) is 6.84. The predicted molar refractivity (Wildman–Crippen MR) is 82.7 cm³/mol. The second-order valence-corrected chi connectivity index (χ2v) is 8.96. The standard InChI is InChI=1S/C15H19Br2NO2/c16-12-8-6-9(13(12)17)11-10(8)14(19)18(15(11)20)7-4-2-1-3-5-7/h7-13H,1-6H2/t8-,9+,10+,11-,12-,13-/m1/s1. The molecule has 0 aromatic carbocycles. The van der Waals surface area contributed by atoms with Crippen molar-refractivity contribution in [3.63, 3.8) is 0 Å². The monoisotopic (exact) mass is 403 g/mol. The summed E-state index contributed by atoms with van der Waals surface area (Å²) < 4.78 is 0. The molecule has 1 heterocycles. The zero-order valence-corrected chi connectivity index (χ0v) is 14.5. The average molecular weight is 405 g/mol. The Hall–Kier alpha value is 0.1000. The fraction of sp³-hybridized carbons (Fsp3) is 0.867. The number of alkyl halides is 2. The molecule has 0 N–H and O–H groups in total. The van der Waals surface area contributed by atoms with Gasteiger partial charge >= 0.3 is 0 Å². The van der Waals surface area contributed by atoms with Crippen molar-refractivity contribution in [1.29, 1.82) is 0 Å². The highest BCUT2D eigenvalue weighted by molar-refractivity contribution is 9.12. The van der Waals surface area contributed by atoms with E-state index in [1.807, 2.05) is 0 Å². The van der Waals surface area contributed by atoms with Gasteiger partial charge in [-0.2, -0.15) is 0 Å². The van der Waals surface area contributed by atoms with E-state index in [2.05, 4.69) is 31.9 Å². The third kappa shape index (κ3) is 1.68. The SMILES string of the molecule is O=C1[C@@H]2[C@@H]3C[C@@H]([C@@H](Br)[C@@H]3Br)[C@@H]2C(=O)N1C1CCCCC1. The fourth-order valence-corrected chi connectivity index (χ4v) is 6.94. The Morgan fingerprint density at radius 1 is 0.850 bits per heavy atom. The summed E-state index contributed by atoms with van der Waals surface area (Å²) in [6.45, 7) is 0. The van der Waals surface area contributed by atoms with E-state index in [4.69, 9.17) is 0 Å². The van der Waals surface area contributed by atoms with Gasteiger partial charge in [-0.25, -0.2) is 0 Å². The summed E-state index contributed by atoms with van der Waals surface area (Å²) in [7, 11) is 0. The van der Waals surface area contributed by atoms with Crippen molar-refractivity contribution in [3.05, 3.63) is 0 Å². The number of nitrogens with zero attached hydrogens (tertiary/aromatic N) is 1. The van der Waals surface area contributed by atoms with Crippen molar-refractivity contribution in [3.8, 4) is 0 Å².